The molecule has 1 spiro atoms. The first-order chi connectivity index (χ1) is 11.3. The van der Waals surface area contributed by atoms with Crippen molar-refractivity contribution < 1.29 is 9.53 Å². The third-order valence-electron chi connectivity index (χ3n) is 5.15. The molecular weight excluding hydrogens is 288 g/mol. The zero-order chi connectivity index (χ0) is 15.7. The number of hydrogen-bond donors (Lipinski definition) is 0. The maximum absolute atomic E-state index is 12.9. The summed E-state index contributed by atoms with van der Waals surface area (Å²) in [7, 11) is 0. The number of carbonyl (C=O) groups is 1. The molecule has 1 saturated heterocycles. The summed E-state index contributed by atoms with van der Waals surface area (Å²) in [4.78, 5) is 19.2. The van der Waals surface area contributed by atoms with Crippen LogP contribution in [0.5, 0.6) is 0 Å². The highest BCUT2D eigenvalue weighted by atomic mass is 16.5. The molecule has 0 unspecified atom stereocenters. The summed E-state index contributed by atoms with van der Waals surface area (Å²) in [6.45, 7) is 2.07. The fourth-order valence-electron chi connectivity index (χ4n) is 3.91. The van der Waals surface area contributed by atoms with Gasteiger partial charge in [0.2, 0.25) is 0 Å². The van der Waals surface area contributed by atoms with Gasteiger partial charge in [-0.1, -0.05) is 25.3 Å². The van der Waals surface area contributed by atoms with Crippen LogP contribution in [0.3, 0.4) is 0 Å². The molecule has 1 saturated carbocycles. The Balaban J connectivity index is 1.57. The molecule has 4 heteroatoms. The van der Waals surface area contributed by atoms with E-state index in [4.69, 9.17) is 4.74 Å². The van der Waals surface area contributed by atoms with Crippen molar-refractivity contribution in [2.75, 3.05) is 19.7 Å². The molecular formula is C19H22N2O2. The lowest BCUT2D eigenvalue weighted by Crippen LogP contribution is -2.54. The van der Waals surface area contributed by atoms with Crippen LogP contribution < -0.4 is 0 Å². The second-order valence-corrected chi connectivity index (χ2v) is 6.73. The monoisotopic (exact) mass is 310 g/mol. The number of carbonyl (C=O) groups excluding carboxylic acids is 1. The maximum Gasteiger partial charge on any atom is 0.254 e. The molecule has 4 nitrogen and oxygen atoms in total. The zero-order valence-corrected chi connectivity index (χ0v) is 13.3. The van der Waals surface area contributed by atoms with Gasteiger partial charge in [-0.2, -0.15) is 0 Å². The molecule has 0 bridgehead atoms. The van der Waals surface area contributed by atoms with Crippen molar-refractivity contribution in [1.82, 2.24) is 9.88 Å². The Labute approximate surface area is 136 Å². The van der Waals surface area contributed by atoms with E-state index in [1.54, 1.807) is 6.20 Å². The Bertz CT molecular complexity index is 717. The number of pyridine rings is 1. The first kappa shape index (κ1) is 14.6. The molecule has 1 aromatic carbocycles. The molecule has 120 valence electrons. The smallest absolute Gasteiger partial charge is 0.254 e. The van der Waals surface area contributed by atoms with Gasteiger partial charge in [-0.15, -0.1) is 0 Å². The molecule has 0 atom stereocenters. The number of amides is 1. The molecule has 4 rings (SSSR count). The second-order valence-electron chi connectivity index (χ2n) is 6.73. The van der Waals surface area contributed by atoms with Gasteiger partial charge in [0.1, 0.15) is 0 Å². The molecule has 1 amide bonds. The number of rotatable bonds is 1. The summed E-state index contributed by atoms with van der Waals surface area (Å²) < 4.78 is 6.09. The van der Waals surface area contributed by atoms with Crippen molar-refractivity contribution in [3.05, 3.63) is 42.1 Å². The molecule has 2 aromatic rings. The van der Waals surface area contributed by atoms with E-state index < -0.39 is 0 Å². The van der Waals surface area contributed by atoms with Crippen molar-refractivity contribution in [2.45, 2.75) is 37.7 Å². The highest BCUT2D eigenvalue weighted by Crippen LogP contribution is 2.34. The first-order valence-corrected chi connectivity index (χ1v) is 8.54. The molecule has 2 heterocycles. The zero-order valence-electron chi connectivity index (χ0n) is 13.3. The third-order valence-corrected chi connectivity index (χ3v) is 5.15. The molecule has 2 fully saturated rings. The Kier molecular flexibility index (Phi) is 3.77. The van der Waals surface area contributed by atoms with Crippen LogP contribution in [0.1, 0.15) is 42.5 Å². The fourth-order valence-corrected chi connectivity index (χ4v) is 3.91. The summed E-state index contributed by atoms with van der Waals surface area (Å²) in [5.41, 5.74) is 1.58. The third kappa shape index (κ3) is 2.83. The Morgan fingerprint density at radius 2 is 2.04 bits per heavy atom. The van der Waals surface area contributed by atoms with Crippen LogP contribution in [-0.2, 0) is 4.74 Å². The second kappa shape index (κ2) is 5.93. The summed E-state index contributed by atoms with van der Waals surface area (Å²) in [5.74, 6) is 0.115. The van der Waals surface area contributed by atoms with E-state index in [2.05, 4.69) is 4.98 Å². The predicted molar refractivity (Wildman–Crippen MR) is 89.4 cm³/mol. The van der Waals surface area contributed by atoms with E-state index in [9.17, 15) is 4.79 Å². The molecule has 1 aliphatic heterocycles. The van der Waals surface area contributed by atoms with E-state index in [0.717, 1.165) is 35.9 Å². The van der Waals surface area contributed by atoms with Gasteiger partial charge in [0.15, 0.2) is 0 Å². The Hall–Kier alpha value is -1.94. The van der Waals surface area contributed by atoms with Crippen molar-refractivity contribution in [2.24, 2.45) is 0 Å². The number of fused-ring (bicyclic) bond motifs is 1. The largest absolute Gasteiger partial charge is 0.371 e. The van der Waals surface area contributed by atoms with Gasteiger partial charge in [0.05, 0.1) is 24.3 Å². The van der Waals surface area contributed by atoms with E-state index in [1.807, 2.05) is 35.2 Å². The first-order valence-electron chi connectivity index (χ1n) is 8.54. The summed E-state index contributed by atoms with van der Waals surface area (Å²) in [6, 6.07) is 9.68. The van der Waals surface area contributed by atoms with Gasteiger partial charge < -0.3 is 9.64 Å². The van der Waals surface area contributed by atoms with Crippen LogP contribution in [0.25, 0.3) is 10.9 Å². The van der Waals surface area contributed by atoms with E-state index in [0.29, 0.717) is 13.2 Å². The highest BCUT2D eigenvalue weighted by Gasteiger charge is 2.39. The predicted octanol–water partition coefficient (Wildman–Crippen LogP) is 3.41. The lowest BCUT2D eigenvalue weighted by Gasteiger charge is -2.45. The van der Waals surface area contributed by atoms with Gasteiger partial charge in [0.25, 0.3) is 5.91 Å². The SMILES string of the molecule is O=C(c1ccc2ncccc2c1)N1CCOC2(CCCCC2)C1. The summed E-state index contributed by atoms with van der Waals surface area (Å²) >= 11 is 0. The normalized spacial score (nSPS) is 20.8. The molecule has 23 heavy (non-hydrogen) atoms. The molecule has 0 N–H and O–H groups in total. The average molecular weight is 310 g/mol. The number of hydrogen-bond acceptors (Lipinski definition) is 3. The van der Waals surface area contributed by atoms with E-state index >= 15 is 0 Å². The minimum Gasteiger partial charge on any atom is -0.371 e. The summed E-state index contributed by atoms with van der Waals surface area (Å²) in [5, 5.41) is 1.01. The molecule has 1 aliphatic carbocycles. The lowest BCUT2D eigenvalue weighted by molar-refractivity contribution is -0.117. The van der Waals surface area contributed by atoms with Crippen LogP contribution in [0.15, 0.2) is 36.5 Å². The molecule has 1 aromatic heterocycles. The van der Waals surface area contributed by atoms with E-state index in [-0.39, 0.29) is 11.5 Å². The van der Waals surface area contributed by atoms with Crippen molar-refractivity contribution in [3.63, 3.8) is 0 Å². The van der Waals surface area contributed by atoms with Gasteiger partial charge in [-0.05, 0) is 37.1 Å². The van der Waals surface area contributed by atoms with Gasteiger partial charge >= 0.3 is 0 Å². The number of morpholine rings is 1. The van der Waals surface area contributed by atoms with Gasteiger partial charge in [0, 0.05) is 23.7 Å². The Morgan fingerprint density at radius 1 is 1.17 bits per heavy atom. The number of nitrogens with zero attached hydrogens (tertiary/aromatic N) is 2. The van der Waals surface area contributed by atoms with Crippen LogP contribution in [0, 0.1) is 0 Å². The number of ether oxygens (including phenoxy) is 1. The molecule has 0 radical (unpaired) electrons. The lowest BCUT2D eigenvalue weighted by atomic mass is 9.83. The standard InChI is InChI=1S/C19H22N2O2/c22-18(16-6-7-17-15(13-16)5-4-10-20-17)21-11-12-23-19(14-21)8-2-1-3-9-19/h4-7,10,13H,1-3,8-9,11-12,14H2. The average Bonchev–Trinajstić information content (AvgIpc) is 2.61. The maximum atomic E-state index is 12.9. The van der Waals surface area contributed by atoms with Crippen molar-refractivity contribution in [1.29, 1.82) is 0 Å². The van der Waals surface area contributed by atoms with Crippen molar-refractivity contribution in [3.8, 4) is 0 Å². The fraction of sp³-hybridized carbons (Fsp3) is 0.474. The van der Waals surface area contributed by atoms with Gasteiger partial charge in [-0.3, -0.25) is 9.78 Å². The molecule has 2 aliphatic rings. The van der Waals surface area contributed by atoms with Crippen molar-refractivity contribution >= 4 is 16.8 Å². The van der Waals surface area contributed by atoms with Gasteiger partial charge in [-0.25, -0.2) is 0 Å². The van der Waals surface area contributed by atoms with Crippen LogP contribution in [-0.4, -0.2) is 41.1 Å². The highest BCUT2D eigenvalue weighted by molar-refractivity contribution is 5.98. The van der Waals surface area contributed by atoms with Crippen LogP contribution >= 0.6 is 0 Å². The topological polar surface area (TPSA) is 42.4 Å². The van der Waals surface area contributed by atoms with Crippen LogP contribution in [0.2, 0.25) is 0 Å². The minimum absolute atomic E-state index is 0.0927. The number of benzene rings is 1. The quantitative estimate of drug-likeness (QED) is 0.810. The number of aromatic nitrogens is 1. The Morgan fingerprint density at radius 3 is 2.91 bits per heavy atom. The summed E-state index contributed by atoms with van der Waals surface area (Å²) in [6.07, 6.45) is 7.65. The minimum atomic E-state index is -0.0927. The van der Waals surface area contributed by atoms with Crippen LogP contribution in [0.4, 0.5) is 0 Å². The van der Waals surface area contributed by atoms with E-state index in [1.165, 1.54) is 19.3 Å².